The quantitative estimate of drug-likeness (QED) is 0.688. The Morgan fingerprint density at radius 1 is 1.06 bits per heavy atom. The third-order valence-corrected chi connectivity index (χ3v) is 2.47. The molecule has 2 rings (SSSR count). The predicted molar refractivity (Wildman–Crippen MR) is 66.4 cm³/mol. The van der Waals surface area contributed by atoms with Crippen LogP contribution in [0.4, 0.5) is 0 Å². The molecule has 0 amide bonds. The molecular formula is C15H12O. The van der Waals surface area contributed by atoms with Crippen molar-refractivity contribution in [2.45, 2.75) is 0 Å². The van der Waals surface area contributed by atoms with Gasteiger partial charge in [0.1, 0.15) is 5.75 Å². The highest BCUT2D eigenvalue weighted by Gasteiger charge is 2.04. The SMILES string of the molecule is C#Cc1cc(OC)ccc1-c1ccccc1. The Hall–Kier alpha value is -2.20. The lowest BCUT2D eigenvalue weighted by Crippen LogP contribution is -1.87. The molecule has 0 aliphatic heterocycles. The summed E-state index contributed by atoms with van der Waals surface area (Å²) >= 11 is 0. The maximum Gasteiger partial charge on any atom is 0.120 e. The van der Waals surface area contributed by atoms with Crippen LogP contribution in [0, 0.1) is 12.3 Å². The van der Waals surface area contributed by atoms with Crippen LogP contribution in [0.15, 0.2) is 48.5 Å². The Balaban J connectivity index is 2.54. The average molecular weight is 208 g/mol. The van der Waals surface area contributed by atoms with Gasteiger partial charge in [-0.1, -0.05) is 36.3 Å². The van der Waals surface area contributed by atoms with E-state index in [2.05, 4.69) is 5.92 Å². The van der Waals surface area contributed by atoms with Crippen molar-refractivity contribution in [3.63, 3.8) is 0 Å². The molecule has 0 fully saturated rings. The van der Waals surface area contributed by atoms with Gasteiger partial charge in [0.15, 0.2) is 0 Å². The summed E-state index contributed by atoms with van der Waals surface area (Å²) in [5.41, 5.74) is 3.03. The summed E-state index contributed by atoms with van der Waals surface area (Å²) in [6.07, 6.45) is 5.51. The number of methoxy groups -OCH3 is 1. The monoisotopic (exact) mass is 208 g/mol. The Morgan fingerprint density at radius 3 is 2.44 bits per heavy atom. The fourth-order valence-electron chi connectivity index (χ4n) is 1.64. The standard InChI is InChI=1S/C15H12O/c1-3-12-11-14(16-2)9-10-15(12)13-7-5-4-6-8-13/h1,4-11H,2H3. The van der Waals surface area contributed by atoms with Crippen molar-refractivity contribution in [1.29, 1.82) is 0 Å². The molecule has 1 heteroatoms. The summed E-state index contributed by atoms with van der Waals surface area (Å²) < 4.78 is 5.15. The molecule has 0 N–H and O–H groups in total. The molecule has 0 aliphatic rings. The van der Waals surface area contributed by atoms with E-state index in [4.69, 9.17) is 11.2 Å². The van der Waals surface area contributed by atoms with Crippen molar-refractivity contribution in [3.8, 4) is 29.2 Å². The smallest absolute Gasteiger partial charge is 0.120 e. The van der Waals surface area contributed by atoms with E-state index in [1.807, 2.05) is 48.5 Å². The largest absolute Gasteiger partial charge is 0.497 e. The van der Waals surface area contributed by atoms with E-state index in [0.29, 0.717) is 0 Å². The van der Waals surface area contributed by atoms with Crippen LogP contribution in [0.2, 0.25) is 0 Å². The Morgan fingerprint density at radius 2 is 1.81 bits per heavy atom. The molecule has 0 aliphatic carbocycles. The molecule has 0 heterocycles. The van der Waals surface area contributed by atoms with Crippen LogP contribution < -0.4 is 4.74 Å². The fraction of sp³-hybridized carbons (Fsp3) is 0.0667. The van der Waals surface area contributed by atoms with Crippen LogP contribution in [0.1, 0.15) is 5.56 Å². The maximum atomic E-state index is 5.51. The van der Waals surface area contributed by atoms with E-state index in [1.54, 1.807) is 7.11 Å². The highest BCUT2D eigenvalue weighted by Crippen LogP contribution is 2.26. The van der Waals surface area contributed by atoms with Gasteiger partial charge in [-0.15, -0.1) is 6.42 Å². The minimum absolute atomic E-state index is 0.785. The van der Waals surface area contributed by atoms with Gasteiger partial charge in [0.25, 0.3) is 0 Å². The van der Waals surface area contributed by atoms with Gasteiger partial charge < -0.3 is 4.74 Å². The molecule has 16 heavy (non-hydrogen) atoms. The molecule has 0 radical (unpaired) electrons. The first kappa shape index (κ1) is 10.3. The molecule has 2 aromatic carbocycles. The first-order valence-electron chi connectivity index (χ1n) is 5.05. The van der Waals surface area contributed by atoms with Gasteiger partial charge in [-0.05, 0) is 29.3 Å². The third-order valence-electron chi connectivity index (χ3n) is 2.47. The lowest BCUT2D eigenvalue weighted by molar-refractivity contribution is 0.415. The molecule has 0 atom stereocenters. The summed E-state index contributed by atoms with van der Waals surface area (Å²) in [6, 6.07) is 15.9. The van der Waals surface area contributed by atoms with E-state index < -0.39 is 0 Å². The zero-order chi connectivity index (χ0) is 11.4. The number of ether oxygens (including phenoxy) is 1. The number of rotatable bonds is 2. The second-order valence-electron chi connectivity index (χ2n) is 3.42. The summed E-state index contributed by atoms with van der Waals surface area (Å²) in [5, 5.41) is 0. The summed E-state index contributed by atoms with van der Waals surface area (Å²) in [5.74, 6) is 3.47. The number of benzene rings is 2. The van der Waals surface area contributed by atoms with Gasteiger partial charge in [0.05, 0.1) is 7.11 Å². The first-order chi connectivity index (χ1) is 7.85. The molecule has 78 valence electrons. The van der Waals surface area contributed by atoms with Crippen molar-refractivity contribution in [2.24, 2.45) is 0 Å². The second kappa shape index (κ2) is 4.55. The van der Waals surface area contributed by atoms with Crippen molar-refractivity contribution in [3.05, 3.63) is 54.1 Å². The van der Waals surface area contributed by atoms with E-state index in [9.17, 15) is 0 Å². The molecule has 0 saturated carbocycles. The van der Waals surface area contributed by atoms with Crippen LogP contribution in [0.25, 0.3) is 11.1 Å². The second-order valence-corrected chi connectivity index (χ2v) is 3.42. The van der Waals surface area contributed by atoms with Gasteiger partial charge >= 0.3 is 0 Å². The number of terminal acetylenes is 1. The van der Waals surface area contributed by atoms with Crippen molar-refractivity contribution < 1.29 is 4.74 Å². The minimum atomic E-state index is 0.785. The Labute approximate surface area is 95.7 Å². The lowest BCUT2D eigenvalue weighted by atomic mass is 10.00. The van der Waals surface area contributed by atoms with Crippen molar-refractivity contribution >= 4 is 0 Å². The average Bonchev–Trinajstić information content (AvgIpc) is 2.39. The first-order valence-corrected chi connectivity index (χ1v) is 5.05. The van der Waals surface area contributed by atoms with Crippen LogP contribution >= 0.6 is 0 Å². The fourth-order valence-corrected chi connectivity index (χ4v) is 1.64. The molecule has 0 bridgehead atoms. The van der Waals surface area contributed by atoms with Crippen molar-refractivity contribution in [1.82, 2.24) is 0 Å². The van der Waals surface area contributed by atoms with Crippen LogP contribution in [0.5, 0.6) is 5.75 Å². The minimum Gasteiger partial charge on any atom is -0.497 e. The topological polar surface area (TPSA) is 9.23 Å². The molecule has 0 aromatic heterocycles. The molecule has 2 aromatic rings. The molecule has 0 spiro atoms. The summed E-state index contributed by atoms with van der Waals surface area (Å²) in [6.45, 7) is 0. The van der Waals surface area contributed by atoms with Gasteiger partial charge in [-0.3, -0.25) is 0 Å². The van der Waals surface area contributed by atoms with Crippen molar-refractivity contribution in [2.75, 3.05) is 7.11 Å². The highest BCUT2D eigenvalue weighted by molar-refractivity contribution is 5.71. The molecule has 0 unspecified atom stereocenters. The Bertz CT molecular complexity index is 521. The Kier molecular flexibility index (Phi) is 2.93. The number of hydrogen-bond acceptors (Lipinski definition) is 1. The van der Waals surface area contributed by atoms with E-state index in [1.165, 1.54) is 0 Å². The van der Waals surface area contributed by atoms with Crippen LogP contribution in [-0.2, 0) is 0 Å². The normalized spacial score (nSPS) is 9.50. The van der Waals surface area contributed by atoms with E-state index in [-0.39, 0.29) is 0 Å². The zero-order valence-corrected chi connectivity index (χ0v) is 9.10. The summed E-state index contributed by atoms with van der Waals surface area (Å²) in [7, 11) is 1.64. The molecule has 1 nitrogen and oxygen atoms in total. The highest BCUT2D eigenvalue weighted by atomic mass is 16.5. The van der Waals surface area contributed by atoms with E-state index >= 15 is 0 Å². The zero-order valence-electron chi connectivity index (χ0n) is 9.10. The molecule has 0 saturated heterocycles. The maximum absolute atomic E-state index is 5.51. The van der Waals surface area contributed by atoms with Gasteiger partial charge in [0, 0.05) is 5.56 Å². The molecular weight excluding hydrogens is 196 g/mol. The van der Waals surface area contributed by atoms with E-state index in [0.717, 1.165) is 22.4 Å². The van der Waals surface area contributed by atoms with Gasteiger partial charge in [0.2, 0.25) is 0 Å². The van der Waals surface area contributed by atoms with Gasteiger partial charge in [-0.2, -0.15) is 0 Å². The van der Waals surface area contributed by atoms with Gasteiger partial charge in [-0.25, -0.2) is 0 Å². The number of hydrogen-bond donors (Lipinski definition) is 0. The summed E-state index contributed by atoms with van der Waals surface area (Å²) in [4.78, 5) is 0. The van der Waals surface area contributed by atoms with Crippen LogP contribution in [-0.4, -0.2) is 7.11 Å². The predicted octanol–water partition coefficient (Wildman–Crippen LogP) is 3.34. The van der Waals surface area contributed by atoms with Crippen LogP contribution in [0.3, 0.4) is 0 Å². The lowest BCUT2D eigenvalue weighted by Gasteiger charge is -2.07. The third kappa shape index (κ3) is 1.92.